The minimum absolute atomic E-state index is 0.259. The topological polar surface area (TPSA) is 68.0 Å². The highest BCUT2D eigenvalue weighted by Gasteiger charge is 2.58. The lowest BCUT2D eigenvalue weighted by Gasteiger charge is -2.20. The van der Waals surface area contributed by atoms with E-state index in [2.05, 4.69) is 4.85 Å². The normalized spacial score (nSPS) is 24.0. The molecule has 1 N–H and O–H groups in total. The molecule has 1 saturated carbocycles. The minimum Gasteiger partial charge on any atom is -0.482 e. The van der Waals surface area contributed by atoms with Crippen LogP contribution >= 0.6 is 0 Å². The fraction of sp³-hybridized carbons (Fsp3) is 0.562. The van der Waals surface area contributed by atoms with Gasteiger partial charge in [-0.1, -0.05) is 0 Å². The number of fused-ring (bicyclic) bond motifs is 1. The largest absolute Gasteiger partial charge is 0.501 e. The number of aliphatic hydroxyl groups excluding tert-OH is 1. The quantitative estimate of drug-likeness (QED) is 0.609. The van der Waals surface area contributed by atoms with Gasteiger partial charge < -0.3 is 14.7 Å². The van der Waals surface area contributed by atoms with Gasteiger partial charge in [0.25, 0.3) is 21.3 Å². The maximum absolute atomic E-state index is 14.0. The van der Waals surface area contributed by atoms with E-state index in [0.29, 0.717) is 18.9 Å². The molecule has 1 unspecified atom stereocenters. The third-order valence-corrected chi connectivity index (χ3v) is 6.54. The molecule has 1 aromatic rings. The van der Waals surface area contributed by atoms with Gasteiger partial charge in [-0.2, -0.15) is 13.2 Å². The molecule has 2 atom stereocenters. The predicted octanol–water partition coefficient (Wildman–Crippen LogP) is 3.42. The van der Waals surface area contributed by atoms with Crippen molar-refractivity contribution >= 4 is 9.84 Å². The molecule has 0 radical (unpaired) electrons. The summed E-state index contributed by atoms with van der Waals surface area (Å²) in [7, 11) is -5.95. The second kappa shape index (κ2) is 5.78. The van der Waals surface area contributed by atoms with Crippen LogP contribution in [0.25, 0.3) is 4.85 Å². The molecular weight excluding hydrogens is 397 g/mol. The van der Waals surface area contributed by atoms with Crippen molar-refractivity contribution in [1.82, 2.24) is 0 Å². The van der Waals surface area contributed by atoms with E-state index >= 15 is 0 Å². The first-order chi connectivity index (χ1) is 12.3. The van der Waals surface area contributed by atoms with Crippen LogP contribution in [-0.2, 0) is 16.3 Å². The molecule has 0 heterocycles. The molecule has 27 heavy (non-hydrogen) atoms. The average molecular weight is 411 g/mol. The van der Waals surface area contributed by atoms with Crippen LogP contribution in [0.15, 0.2) is 17.0 Å². The van der Waals surface area contributed by atoms with Crippen molar-refractivity contribution in [3.8, 4) is 5.75 Å². The van der Waals surface area contributed by atoms with Crippen LogP contribution in [0.4, 0.5) is 22.0 Å². The third-order valence-electron chi connectivity index (χ3n) is 5.00. The Morgan fingerprint density at radius 2 is 1.93 bits per heavy atom. The van der Waals surface area contributed by atoms with E-state index in [1.54, 1.807) is 0 Å². The molecule has 11 heteroatoms. The van der Waals surface area contributed by atoms with E-state index in [0.717, 1.165) is 6.07 Å². The lowest BCUT2D eigenvalue weighted by atomic mass is 10.1. The highest BCUT2D eigenvalue weighted by molar-refractivity contribution is 7.92. The molecule has 1 aromatic carbocycles. The van der Waals surface area contributed by atoms with Gasteiger partial charge in [0.2, 0.25) is 0 Å². The van der Waals surface area contributed by atoms with E-state index < -0.39 is 61.5 Å². The predicted molar refractivity (Wildman–Crippen MR) is 82.0 cm³/mol. The minimum atomic E-state index is -5.95. The van der Waals surface area contributed by atoms with Crippen LogP contribution in [0.3, 0.4) is 0 Å². The van der Waals surface area contributed by atoms with Crippen molar-refractivity contribution in [2.45, 2.75) is 60.3 Å². The number of hydrogen-bond acceptors (Lipinski definition) is 4. The van der Waals surface area contributed by atoms with E-state index in [9.17, 15) is 35.5 Å². The van der Waals surface area contributed by atoms with Gasteiger partial charge >= 0.3 is 5.51 Å². The summed E-state index contributed by atoms with van der Waals surface area (Å²) in [5, 5.41) is 9.81. The summed E-state index contributed by atoms with van der Waals surface area (Å²) < 4.78 is 95.8. The Labute approximate surface area is 151 Å². The molecule has 0 bridgehead atoms. The summed E-state index contributed by atoms with van der Waals surface area (Å²) in [5.41, 5.74) is -8.04. The third kappa shape index (κ3) is 2.95. The Bertz CT molecular complexity index is 931. The smallest absolute Gasteiger partial charge is 0.482 e. The summed E-state index contributed by atoms with van der Waals surface area (Å²) >= 11 is 0. The van der Waals surface area contributed by atoms with Gasteiger partial charge in [-0.15, -0.1) is 0 Å². The van der Waals surface area contributed by atoms with Gasteiger partial charge in [0.1, 0.15) is 11.9 Å². The molecule has 2 aliphatic carbocycles. The SMILES string of the molecule is [C-]#[N+]C1(C(C)Oc2ccc(S(=O)(=O)C(F)(F)F)c3c2CC(F)(F)[C@H]3O)CC1. The van der Waals surface area contributed by atoms with Gasteiger partial charge in [-0.3, -0.25) is 0 Å². The fourth-order valence-corrected chi connectivity index (χ4v) is 4.18. The maximum atomic E-state index is 14.0. The van der Waals surface area contributed by atoms with Crippen LogP contribution in [0.1, 0.15) is 37.0 Å². The second-order valence-corrected chi connectivity index (χ2v) is 8.63. The number of aliphatic hydroxyl groups is 1. The Balaban J connectivity index is 2.12. The number of nitrogens with zero attached hydrogens (tertiary/aromatic N) is 1. The van der Waals surface area contributed by atoms with Crippen LogP contribution in [0.2, 0.25) is 0 Å². The summed E-state index contributed by atoms with van der Waals surface area (Å²) in [5.74, 6) is -4.11. The summed E-state index contributed by atoms with van der Waals surface area (Å²) in [4.78, 5) is 2.02. The molecule has 0 aliphatic heterocycles. The monoisotopic (exact) mass is 411 g/mol. The average Bonchev–Trinajstić information content (AvgIpc) is 3.30. The van der Waals surface area contributed by atoms with Crippen molar-refractivity contribution in [1.29, 1.82) is 0 Å². The van der Waals surface area contributed by atoms with Gasteiger partial charge in [-0.25, -0.2) is 23.8 Å². The van der Waals surface area contributed by atoms with Gasteiger partial charge in [0.15, 0.2) is 6.10 Å². The van der Waals surface area contributed by atoms with Gasteiger partial charge in [0, 0.05) is 30.4 Å². The zero-order valence-corrected chi connectivity index (χ0v) is 14.7. The Hall–Kier alpha value is -1.93. The first-order valence-corrected chi connectivity index (χ1v) is 9.33. The first-order valence-electron chi connectivity index (χ1n) is 7.85. The number of halogens is 5. The molecule has 1 fully saturated rings. The molecule has 0 aromatic heterocycles. The van der Waals surface area contributed by atoms with Crippen molar-refractivity contribution in [3.63, 3.8) is 0 Å². The fourth-order valence-electron chi connectivity index (χ4n) is 3.16. The highest BCUT2D eigenvalue weighted by Crippen LogP contribution is 2.51. The van der Waals surface area contributed by atoms with Crippen molar-refractivity contribution in [2.24, 2.45) is 0 Å². The van der Waals surface area contributed by atoms with Crippen LogP contribution < -0.4 is 4.74 Å². The maximum Gasteiger partial charge on any atom is 0.501 e. The Kier molecular flexibility index (Phi) is 4.24. The van der Waals surface area contributed by atoms with E-state index in [4.69, 9.17) is 11.3 Å². The number of hydrogen-bond donors (Lipinski definition) is 1. The Morgan fingerprint density at radius 1 is 1.33 bits per heavy atom. The standard InChI is InChI=1S/C16H14F5NO4S/c1-8(14(22-2)5-6-14)26-10-3-4-11(27(24,25)16(19,20)21)12-9(10)7-15(17,18)13(12)23/h3-4,8,13,23H,5-7H2,1H3/t8?,13-/m0/s1. The number of rotatable bonds is 4. The van der Waals surface area contributed by atoms with Crippen molar-refractivity contribution < 1.29 is 40.2 Å². The van der Waals surface area contributed by atoms with Crippen LogP contribution in [0.5, 0.6) is 5.75 Å². The zero-order chi connectivity index (χ0) is 20.4. The summed E-state index contributed by atoms with van der Waals surface area (Å²) in [6, 6.07) is 1.37. The van der Waals surface area contributed by atoms with E-state index in [-0.39, 0.29) is 5.75 Å². The van der Waals surface area contributed by atoms with E-state index in [1.807, 2.05) is 0 Å². The van der Waals surface area contributed by atoms with Crippen molar-refractivity contribution in [3.05, 3.63) is 34.7 Å². The first kappa shape index (κ1) is 19.8. The molecule has 0 spiro atoms. The van der Waals surface area contributed by atoms with Crippen LogP contribution in [-0.4, -0.2) is 36.6 Å². The Morgan fingerprint density at radius 3 is 2.41 bits per heavy atom. The van der Waals surface area contributed by atoms with Gasteiger partial charge in [0.05, 0.1) is 4.90 Å². The molecule has 0 saturated heterocycles. The number of alkyl halides is 5. The lowest BCUT2D eigenvalue weighted by molar-refractivity contribution is -0.0978. The molecule has 2 aliphatic rings. The summed E-state index contributed by atoms with van der Waals surface area (Å²) in [6.07, 6.45) is -3.57. The van der Waals surface area contributed by atoms with Crippen LogP contribution in [0, 0.1) is 6.57 Å². The summed E-state index contributed by atoms with van der Waals surface area (Å²) in [6.45, 7) is 8.71. The molecule has 148 valence electrons. The number of sulfone groups is 1. The number of ether oxygens (including phenoxy) is 1. The molecular formula is C16H14F5NO4S. The van der Waals surface area contributed by atoms with Crippen molar-refractivity contribution in [2.75, 3.05) is 0 Å². The van der Waals surface area contributed by atoms with E-state index in [1.165, 1.54) is 6.92 Å². The molecule has 0 amide bonds. The second-order valence-electron chi connectivity index (χ2n) is 6.72. The molecule has 5 nitrogen and oxygen atoms in total. The molecule has 3 rings (SSSR count). The highest BCUT2D eigenvalue weighted by atomic mass is 32.2. The lowest BCUT2D eigenvalue weighted by Crippen LogP contribution is -2.28. The number of benzene rings is 1. The zero-order valence-electron chi connectivity index (χ0n) is 13.8. The van der Waals surface area contributed by atoms with Gasteiger partial charge in [-0.05, 0) is 19.1 Å².